The predicted molar refractivity (Wildman–Crippen MR) is 114 cm³/mol. The van der Waals surface area contributed by atoms with Gasteiger partial charge in [-0.25, -0.2) is 0 Å². The standard InChI is InChI=1S/C22H28N2O3.ClH/c1-26-21-8-5-18(6-9-21)15-27-16-19-3-2-4-20(13-19)24-22(25)10-7-17-11-12-23-14-17;/h2-6,8-9,13,17,23H,7,10-12,14-16H2,1H3,(H,24,25);1H. The van der Waals surface area contributed by atoms with E-state index in [4.69, 9.17) is 9.47 Å². The van der Waals surface area contributed by atoms with Crippen molar-refractivity contribution < 1.29 is 14.3 Å². The predicted octanol–water partition coefficient (Wildman–Crippen LogP) is 4.16. The van der Waals surface area contributed by atoms with E-state index in [1.165, 1.54) is 6.42 Å². The number of nitrogens with one attached hydrogen (secondary N) is 2. The lowest BCUT2D eigenvalue weighted by molar-refractivity contribution is -0.116. The Morgan fingerprint density at radius 1 is 1.14 bits per heavy atom. The minimum atomic E-state index is 0. The number of rotatable bonds is 9. The van der Waals surface area contributed by atoms with Crippen LogP contribution in [-0.2, 0) is 22.7 Å². The van der Waals surface area contributed by atoms with Crippen molar-refractivity contribution in [1.82, 2.24) is 5.32 Å². The van der Waals surface area contributed by atoms with Crippen LogP contribution in [0.25, 0.3) is 0 Å². The summed E-state index contributed by atoms with van der Waals surface area (Å²) in [6, 6.07) is 15.7. The largest absolute Gasteiger partial charge is 0.497 e. The zero-order chi connectivity index (χ0) is 18.9. The summed E-state index contributed by atoms with van der Waals surface area (Å²) in [7, 11) is 1.66. The molecule has 1 saturated heterocycles. The maximum Gasteiger partial charge on any atom is 0.224 e. The summed E-state index contributed by atoms with van der Waals surface area (Å²) in [5, 5.41) is 6.34. The van der Waals surface area contributed by atoms with Gasteiger partial charge in [-0.15, -0.1) is 12.4 Å². The summed E-state index contributed by atoms with van der Waals surface area (Å²) < 4.78 is 10.9. The molecule has 5 nitrogen and oxygen atoms in total. The molecule has 1 fully saturated rings. The molecule has 3 rings (SSSR count). The second-order valence-corrected chi connectivity index (χ2v) is 6.99. The number of hydrogen-bond acceptors (Lipinski definition) is 4. The van der Waals surface area contributed by atoms with E-state index in [1.807, 2.05) is 48.5 Å². The molecule has 1 atom stereocenters. The summed E-state index contributed by atoms with van der Waals surface area (Å²) >= 11 is 0. The van der Waals surface area contributed by atoms with Gasteiger partial charge in [-0.3, -0.25) is 4.79 Å². The van der Waals surface area contributed by atoms with E-state index in [-0.39, 0.29) is 18.3 Å². The van der Waals surface area contributed by atoms with Gasteiger partial charge in [0.05, 0.1) is 20.3 Å². The van der Waals surface area contributed by atoms with Crippen LogP contribution in [0, 0.1) is 5.92 Å². The van der Waals surface area contributed by atoms with Gasteiger partial charge in [-0.05, 0) is 67.2 Å². The first-order valence-corrected chi connectivity index (χ1v) is 9.53. The van der Waals surface area contributed by atoms with Crippen LogP contribution in [0.4, 0.5) is 5.69 Å². The molecule has 1 aliphatic rings. The van der Waals surface area contributed by atoms with Gasteiger partial charge in [-0.2, -0.15) is 0 Å². The summed E-state index contributed by atoms with van der Waals surface area (Å²) in [5.41, 5.74) is 2.97. The van der Waals surface area contributed by atoms with E-state index in [2.05, 4.69) is 10.6 Å². The fraction of sp³-hybridized carbons (Fsp3) is 0.409. The quantitative estimate of drug-likeness (QED) is 0.658. The maximum atomic E-state index is 12.2. The van der Waals surface area contributed by atoms with Crippen LogP contribution >= 0.6 is 12.4 Å². The Balaban J connectivity index is 0.00000280. The van der Waals surface area contributed by atoms with Gasteiger partial charge in [0.25, 0.3) is 0 Å². The number of anilines is 1. The maximum absolute atomic E-state index is 12.2. The highest BCUT2D eigenvalue weighted by Gasteiger charge is 2.15. The van der Waals surface area contributed by atoms with Gasteiger partial charge in [0.15, 0.2) is 0 Å². The number of ether oxygens (including phenoxy) is 2. The minimum absolute atomic E-state index is 0. The molecule has 1 heterocycles. The molecule has 1 aliphatic heterocycles. The molecule has 152 valence electrons. The first-order valence-electron chi connectivity index (χ1n) is 9.53. The molecule has 2 N–H and O–H groups in total. The van der Waals surface area contributed by atoms with Gasteiger partial charge in [0.2, 0.25) is 5.91 Å². The van der Waals surface area contributed by atoms with Crippen molar-refractivity contribution in [3.63, 3.8) is 0 Å². The third-order valence-electron chi connectivity index (χ3n) is 4.85. The molecule has 0 spiro atoms. The van der Waals surface area contributed by atoms with Gasteiger partial charge >= 0.3 is 0 Å². The first kappa shape index (κ1) is 22.2. The van der Waals surface area contributed by atoms with E-state index in [0.29, 0.717) is 25.6 Å². The highest BCUT2D eigenvalue weighted by Crippen LogP contribution is 2.17. The van der Waals surface area contributed by atoms with Gasteiger partial charge < -0.3 is 20.1 Å². The van der Waals surface area contributed by atoms with Crippen molar-refractivity contribution in [2.24, 2.45) is 5.92 Å². The first-order chi connectivity index (χ1) is 13.2. The van der Waals surface area contributed by atoms with Crippen molar-refractivity contribution in [3.8, 4) is 5.75 Å². The molecule has 0 bridgehead atoms. The van der Waals surface area contributed by atoms with Crippen LogP contribution in [0.15, 0.2) is 48.5 Å². The third-order valence-corrected chi connectivity index (χ3v) is 4.85. The average molecular weight is 405 g/mol. The van der Waals surface area contributed by atoms with Crippen LogP contribution < -0.4 is 15.4 Å². The Labute approximate surface area is 173 Å². The third kappa shape index (κ3) is 7.15. The summed E-state index contributed by atoms with van der Waals surface area (Å²) in [6.07, 6.45) is 2.70. The normalized spacial score (nSPS) is 15.7. The highest BCUT2D eigenvalue weighted by molar-refractivity contribution is 5.90. The second kappa shape index (κ2) is 11.7. The molecule has 6 heteroatoms. The molecule has 1 unspecified atom stereocenters. The monoisotopic (exact) mass is 404 g/mol. The molecule has 28 heavy (non-hydrogen) atoms. The van der Waals surface area contributed by atoms with Crippen LogP contribution in [0.5, 0.6) is 5.75 Å². The Morgan fingerprint density at radius 3 is 2.64 bits per heavy atom. The van der Waals surface area contributed by atoms with E-state index < -0.39 is 0 Å². The lowest BCUT2D eigenvalue weighted by atomic mass is 10.0. The Bertz CT molecular complexity index is 731. The van der Waals surface area contributed by atoms with Crippen LogP contribution in [0.2, 0.25) is 0 Å². The number of amides is 1. The zero-order valence-corrected chi connectivity index (χ0v) is 17.1. The number of methoxy groups -OCH3 is 1. The Hall–Kier alpha value is -2.08. The van der Waals surface area contributed by atoms with Crippen molar-refractivity contribution in [1.29, 1.82) is 0 Å². The Morgan fingerprint density at radius 2 is 1.93 bits per heavy atom. The van der Waals surface area contributed by atoms with Crippen LogP contribution in [0.1, 0.15) is 30.4 Å². The topological polar surface area (TPSA) is 59.6 Å². The molecule has 2 aromatic rings. The fourth-order valence-electron chi connectivity index (χ4n) is 3.27. The summed E-state index contributed by atoms with van der Waals surface area (Å²) in [6.45, 7) is 3.15. The van der Waals surface area contributed by atoms with Gasteiger partial charge in [-0.1, -0.05) is 24.3 Å². The molecular weight excluding hydrogens is 376 g/mol. The number of hydrogen-bond donors (Lipinski definition) is 2. The van der Waals surface area contributed by atoms with Crippen LogP contribution in [-0.4, -0.2) is 26.1 Å². The van der Waals surface area contributed by atoms with Crippen molar-refractivity contribution >= 4 is 24.0 Å². The highest BCUT2D eigenvalue weighted by atomic mass is 35.5. The van der Waals surface area contributed by atoms with E-state index in [9.17, 15) is 4.79 Å². The Kier molecular flexibility index (Phi) is 9.28. The number of halogens is 1. The second-order valence-electron chi connectivity index (χ2n) is 6.99. The molecule has 1 amide bonds. The number of carbonyl (C=O) groups is 1. The van der Waals surface area contributed by atoms with E-state index in [1.54, 1.807) is 7.11 Å². The molecule has 0 aliphatic carbocycles. The molecule has 0 saturated carbocycles. The molecule has 0 aromatic heterocycles. The molecule has 0 radical (unpaired) electrons. The molecular formula is C22H29ClN2O3. The average Bonchev–Trinajstić information content (AvgIpc) is 3.21. The van der Waals surface area contributed by atoms with Gasteiger partial charge in [0, 0.05) is 12.1 Å². The van der Waals surface area contributed by atoms with Crippen molar-refractivity contribution in [2.45, 2.75) is 32.5 Å². The van der Waals surface area contributed by atoms with E-state index >= 15 is 0 Å². The summed E-state index contributed by atoms with van der Waals surface area (Å²) in [4.78, 5) is 12.2. The SMILES string of the molecule is COc1ccc(COCc2cccc(NC(=O)CCC3CCNC3)c2)cc1.Cl. The van der Waals surface area contributed by atoms with Crippen molar-refractivity contribution in [2.75, 3.05) is 25.5 Å². The van der Waals surface area contributed by atoms with Gasteiger partial charge in [0.1, 0.15) is 5.75 Å². The summed E-state index contributed by atoms with van der Waals surface area (Å²) in [5.74, 6) is 1.55. The van der Waals surface area contributed by atoms with Crippen LogP contribution in [0.3, 0.4) is 0 Å². The lowest BCUT2D eigenvalue weighted by Crippen LogP contribution is -2.15. The van der Waals surface area contributed by atoms with E-state index in [0.717, 1.165) is 42.1 Å². The fourth-order valence-corrected chi connectivity index (χ4v) is 3.27. The lowest BCUT2D eigenvalue weighted by Gasteiger charge is -2.10. The number of carbonyl (C=O) groups excluding carboxylic acids is 1. The minimum Gasteiger partial charge on any atom is -0.497 e. The smallest absolute Gasteiger partial charge is 0.224 e. The molecule has 2 aromatic carbocycles. The van der Waals surface area contributed by atoms with Crippen molar-refractivity contribution in [3.05, 3.63) is 59.7 Å². The zero-order valence-electron chi connectivity index (χ0n) is 16.3. The number of benzene rings is 2.